The summed E-state index contributed by atoms with van der Waals surface area (Å²) in [6, 6.07) is 1.75. The zero-order chi connectivity index (χ0) is 10.8. The van der Waals surface area contributed by atoms with E-state index in [0.717, 1.165) is 18.5 Å². The highest BCUT2D eigenvalue weighted by atomic mass is 32.1. The van der Waals surface area contributed by atoms with Crippen LogP contribution in [0.4, 0.5) is 0 Å². The van der Waals surface area contributed by atoms with Crippen LogP contribution in [0.25, 0.3) is 0 Å². The van der Waals surface area contributed by atoms with Crippen LogP contribution < -0.4 is 5.32 Å². The van der Waals surface area contributed by atoms with Crippen molar-refractivity contribution in [2.45, 2.75) is 32.4 Å². The highest BCUT2D eigenvalue weighted by molar-refractivity contribution is 7.10. The smallest absolute Gasteiger partial charge is 0.328 e. The molecule has 15 heavy (non-hydrogen) atoms. The molecule has 1 aromatic rings. The Morgan fingerprint density at radius 1 is 1.67 bits per heavy atom. The molecule has 2 heterocycles. The highest BCUT2D eigenvalue weighted by Gasteiger charge is 2.28. The monoisotopic (exact) mass is 225 g/mol. The second kappa shape index (κ2) is 4.33. The van der Waals surface area contributed by atoms with E-state index in [0.29, 0.717) is 0 Å². The normalized spacial score (nSPS) is 20.1. The summed E-state index contributed by atoms with van der Waals surface area (Å²) < 4.78 is 5.22. The Labute approximate surface area is 93.4 Å². The van der Waals surface area contributed by atoms with Crippen molar-refractivity contribution in [3.05, 3.63) is 21.9 Å². The minimum Gasteiger partial charge on any atom is -0.462 e. The fraction of sp³-hybridized carbons (Fsp3) is 0.545. The summed E-state index contributed by atoms with van der Waals surface area (Å²) in [6.07, 6.45) is 0.960. The molecule has 1 atom stereocenters. The maximum absolute atomic E-state index is 11.8. The molecule has 0 saturated heterocycles. The van der Waals surface area contributed by atoms with Crippen LogP contribution in [-0.2, 0) is 16.0 Å². The maximum Gasteiger partial charge on any atom is 0.328 e. The zero-order valence-corrected chi connectivity index (χ0v) is 9.76. The molecule has 0 fully saturated rings. The first kappa shape index (κ1) is 10.6. The Morgan fingerprint density at radius 2 is 2.47 bits per heavy atom. The number of fused-ring (bicyclic) bond motifs is 1. The molecule has 1 aliphatic rings. The van der Waals surface area contributed by atoms with E-state index in [4.69, 9.17) is 4.74 Å². The van der Waals surface area contributed by atoms with Crippen molar-refractivity contribution in [3.8, 4) is 0 Å². The molecular formula is C11H15NO2S. The number of ether oxygens (including phenoxy) is 1. The molecule has 0 aliphatic carbocycles. The molecule has 1 unspecified atom stereocenters. The number of thiophene rings is 1. The van der Waals surface area contributed by atoms with Crippen molar-refractivity contribution in [3.63, 3.8) is 0 Å². The molecule has 82 valence electrons. The lowest BCUT2D eigenvalue weighted by atomic mass is 10.0. The number of rotatable bonds is 2. The average Bonchev–Trinajstić information content (AvgIpc) is 2.63. The van der Waals surface area contributed by atoms with E-state index in [1.807, 2.05) is 25.3 Å². The minimum absolute atomic E-state index is 0.0525. The molecule has 4 heteroatoms. The first-order valence-electron chi connectivity index (χ1n) is 5.18. The number of hydrogen-bond acceptors (Lipinski definition) is 4. The molecule has 2 rings (SSSR count). The molecule has 1 aliphatic heterocycles. The summed E-state index contributed by atoms with van der Waals surface area (Å²) in [5, 5.41) is 5.23. The summed E-state index contributed by atoms with van der Waals surface area (Å²) in [6.45, 7) is 4.59. The zero-order valence-electron chi connectivity index (χ0n) is 8.95. The van der Waals surface area contributed by atoms with Gasteiger partial charge in [0.05, 0.1) is 6.10 Å². The highest BCUT2D eigenvalue weighted by Crippen LogP contribution is 2.28. The molecule has 0 radical (unpaired) electrons. The van der Waals surface area contributed by atoms with Gasteiger partial charge in [-0.05, 0) is 37.3 Å². The van der Waals surface area contributed by atoms with Gasteiger partial charge in [0.15, 0.2) is 0 Å². The SMILES string of the molecule is CC(C)OC(=O)C1NCCc2sccc21. The standard InChI is InChI=1S/C11H15NO2S/c1-7(2)14-11(13)10-8-4-6-15-9(8)3-5-12-10/h4,6-7,10,12H,3,5H2,1-2H3. The molecule has 0 aromatic carbocycles. The van der Waals surface area contributed by atoms with Gasteiger partial charge in [-0.25, -0.2) is 4.79 Å². The summed E-state index contributed by atoms with van der Waals surface area (Å²) in [7, 11) is 0. The fourth-order valence-electron chi connectivity index (χ4n) is 1.76. The molecule has 0 spiro atoms. The van der Waals surface area contributed by atoms with Crippen molar-refractivity contribution >= 4 is 17.3 Å². The fourth-order valence-corrected chi connectivity index (χ4v) is 2.68. The third kappa shape index (κ3) is 2.21. The second-order valence-corrected chi connectivity index (χ2v) is 4.92. The number of carbonyl (C=O) groups excluding carboxylic acids is 1. The van der Waals surface area contributed by atoms with E-state index in [1.165, 1.54) is 4.88 Å². The second-order valence-electron chi connectivity index (χ2n) is 3.92. The summed E-state index contributed by atoms with van der Waals surface area (Å²) in [5.74, 6) is -0.163. The lowest BCUT2D eigenvalue weighted by molar-refractivity contribution is -0.150. The van der Waals surface area contributed by atoms with Crippen LogP contribution in [-0.4, -0.2) is 18.6 Å². The Balaban J connectivity index is 2.15. The largest absolute Gasteiger partial charge is 0.462 e. The van der Waals surface area contributed by atoms with Gasteiger partial charge in [0.2, 0.25) is 0 Å². The van der Waals surface area contributed by atoms with Gasteiger partial charge in [0.25, 0.3) is 0 Å². The summed E-state index contributed by atoms with van der Waals surface area (Å²) in [5.41, 5.74) is 1.09. The first-order valence-corrected chi connectivity index (χ1v) is 6.06. The van der Waals surface area contributed by atoms with Gasteiger partial charge in [0, 0.05) is 11.4 Å². The van der Waals surface area contributed by atoms with Crippen molar-refractivity contribution in [2.24, 2.45) is 0 Å². The first-order chi connectivity index (χ1) is 7.18. The minimum atomic E-state index is -0.262. The van der Waals surface area contributed by atoms with Crippen LogP contribution in [0.2, 0.25) is 0 Å². The third-order valence-electron chi connectivity index (χ3n) is 2.38. The predicted octanol–water partition coefficient (Wildman–Crippen LogP) is 1.89. The van der Waals surface area contributed by atoms with Crippen molar-refractivity contribution in [2.75, 3.05) is 6.54 Å². The van der Waals surface area contributed by atoms with E-state index in [9.17, 15) is 4.79 Å². The lowest BCUT2D eigenvalue weighted by Gasteiger charge is -2.23. The Morgan fingerprint density at radius 3 is 3.20 bits per heavy atom. The van der Waals surface area contributed by atoms with E-state index in [2.05, 4.69) is 5.32 Å². The molecule has 1 N–H and O–H groups in total. The van der Waals surface area contributed by atoms with Crippen LogP contribution in [0.3, 0.4) is 0 Å². The van der Waals surface area contributed by atoms with Crippen molar-refractivity contribution < 1.29 is 9.53 Å². The van der Waals surface area contributed by atoms with Crippen molar-refractivity contribution in [1.82, 2.24) is 5.32 Å². The van der Waals surface area contributed by atoms with Gasteiger partial charge in [-0.15, -0.1) is 11.3 Å². The van der Waals surface area contributed by atoms with Crippen LogP contribution in [0.5, 0.6) is 0 Å². The van der Waals surface area contributed by atoms with Crippen molar-refractivity contribution in [1.29, 1.82) is 0 Å². The van der Waals surface area contributed by atoms with Crippen LogP contribution >= 0.6 is 11.3 Å². The number of hydrogen-bond donors (Lipinski definition) is 1. The molecule has 0 amide bonds. The summed E-state index contributed by atoms with van der Waals surface area (Å²) in [4.78, 5) is 13.1. The Bertz CT molecular complexity index is 359. The van der Waals surface area contributed by atoms with Crippen LogP contribution in [0.1, 0.15) is 30.3 Å². The van der Waals surface area contributed by atoms with Crippen LogP contribution in [0.15, 0.2) is 11.4 Å². The van der Waals surface area contributed by atoms with Gasteiger partial charge in [-0.1, -0.05) is 0 Å². The molecule has 0 bridgehead atoms. The van der Waals surface area contributed by atoms with E-state index in [1.54, 1.807) is 11.3 Å². The number of carbonyl (C=O) groups is 1. The Hall–Kier alpha value is -0.870. The molecule has 3 nitrogen and oxygen atoms in total. The van der Waals surface area contributed by atoms with Gasteiger partial charge < -0.3 is 10.1 Å². The van der Waals surface area contributed by atoms with E-state index < -0.39 is 0 Å². The lowest BCUT2D eigenvalue weighted by Crippen LogP contribution is -2.36. The molecule has 1 aromatic heterocycles. The van der Waals surface area contributed by atoms with Gasteiger partial charge in [-0.2, -0.15) is 0 Å². The average molecular weight is 225 g/mol. The number of nitrogens with one attached hydrogen (secondary N) is 1. The Kier molecular flexibility index (Phi) is 3.07. The van der Waals surface area contributed by atoms with Gasteiger partial charge >= 0.3 is 5.97 Å². The van der Waals surface area contributed by atoms with E-state index in [-0.39, 0.29) is 18.1 Å². The van der Waals surface area contributed by atoms with Gasteiger partial charge in [-0.3, -0.25) is 0 Å². The maximum atomic E-state index is 11.8. The molecule has 0 saturated carbocycles. The van der Waals surface area contributed by atoms with Crippen LogP contribution in [0, 0.1) is 0 Å². The topological polar surface area (TPSA) is 38.3 Å². The third-order valence-corrected chi connectivity index (χ3v) is 3.38. The number of esters is 1. The summed E-state index contributed by atoms with van der Waals surface area (Å²) >= 11 is 1.72. The predicted molar refractivity (Wildman–Crippen MR) is 60.0 cm³/mol. The van der Waals surface area contributed by atoms with Gasteiger partial charge in [0.1, 0.15) is 6.04 Å². The molecular weight excluding hydrogens is 210 g/mol. The van der Waals surface area contributed by atoms with E-state index >= 15 is 0 Å². The quantitative estimate of drug-likeness (QED) is 0.781.